The van der Waals surface area contributed by atoms with Gasteiger partial charge in [-0.15, -0.1) is 5.10 Å². The number of aromatic nitrogens is 4. The Bertz CT molecular complexity index is 1010. The lowest BCUT2D eigenvalue weighted by Gasteiger charge is -2.21. The minimum atomic E-state index is 0.0281. The van der Waals surface area contributed by atoms with Crippen LogP contribution in [0.5, 0.6) is 0 Å². The Kier molecular flexibility index (Phi) is 5.10. The Morgan fingerprint density at radius 2 is 1.79 bits per heavy atom. The molecule has 3 rings (SSSR count). The van der Waals surface area contributed by atoms with Gasteiger partial charge in [0.1, 0.15) is 0 Å². The minimum absolute atomic E-state index is 0.0281. The van der Waals surface area contributed by atoms with Crippen LogP contribution in [0.4, 0.5) is 5.95 Å². The standard InChI is InChI=1S/C21H28N6O/c1-13-17(14(2)27-20(23-13)24-19(22)25-27)11-18(28)26(6)12-15-7-9-16(10-8-15)21(3,4)5/h7-10H,11-12H2,1-6H3,(H2,22,25). The molecule has 0 fully saturated rings. The van der Waals surface area contributed by atoms with Gasteiger partial charge in [0.2, 0.25) is 11.9 Å². The summed E-state index contributed by atoms with van der Waals surface area (Å²) in [5.74, 6) is 0.658. The molecule has 0 spiro atoms. The maximum atomic E-state index is 12.8. The molecule has 28 heavy (non-hydrogen) atoms. The number of fused-ring (bicyclic) bond motifs is 1. The summed E-state index contributed by atoms with van der Waals surface area (Å²) in [6, 6.07) is 8.45. The van der Waals surface area contributed by atoms with Crippen LogP contribution in [-0.2, 0) is 23.2 Å². The number of benzene rings is 1. The number of anilines is 1. The molecule has 0 aliphatic rings. The lowest BCUT2D eigenvalue weighted by atomic mass is 9.87. The van der Waals surface area contributed by atoms with E-state index in [4.69, 9.17) is 5.73 Å². The summed E-state index contributed by atoms with van der Waals surface area (Å²) in [5.41, 5.74) is 10.6. The number of carbonyl (C=O) groups is 1. The van der Waals surface area contributed by atoms with E-state index < -0.39 is 0 Å². The first kappa shape index (κ1) is 19.8. The molecule has 1 aromatic carbocycles. The summed E-state index contributed by atoms with van der Waals surface area (Å²) in [6.45, 7) is 10.9. The lowest BCUT2D eigenvalue weighted by Crippen LogP contribution is -2.28. The molecule has 0 aliphatic carbocycles. The molecule has 0 bridgehead atoms. The van der Waals surface area contributed by atoms with Gasteiger partial charge in [0.15, 0.2) is 0 Å². The van der Waals surface area contributed by atoms with E-state index in [0.29, 0.717) is 12.3 Å². The molecule has 0 unspecified atom stereocenters. The van der Waals surface area contributed by atoms with Crippen molar-refractivity contribution >= 4 is 17.6 Å². The molecule has 3 aromatic rings. The van der Waals surface area contributed by atoms with E-state index in [1.54, 1.807) is 9.42 Å². The summed E-state index contributed by atoms with van der Waals surface area (Å²) in [6.07, 6.45) is 0.261. The lowest BCUT2D eigenvalue weighted by molar-refractivity contribution is -0.129. The zero-order valence-electron chi connectivity index (χ0n) is 17.4. The van der Waals surface area contributed by atoms with Crippen molar-refractivity contribution in [2.45, 2.75) is 53.0 Å². The number of carbonyl (C=O) groups excluding carboxylic acids is 1. The molecule has 2 heterocycles. The number of hydrogen-bond acceptors (Lipinski definition) is 5. The zero-order valence-corrected chi connectivity index (χ0v) is 17.4. The molecular formula is C21H28N6O. The van der Waals surface area contributed by atoms with Crippen LogP contribution in [0.3, 0.4) is 0 Å². The Morgan fingerprint density at radius 3 is 2.39 bits per heavy atom. The van der Waals surface area contributed by atoms with Gasteiger partial charge >= 0.3 is 0 Å². The molecule has 0 radical (unpaired) electrons. The second-order valence-corrected chi connectivity index (χ2v) is 8.32. The van der Waals surface area contributed by atoms with Crippen LogP contribution in [0.15, 0.2) is 24.3 Å². The number of nitrogens with zero attached hydrogens (tertiary/aromatic N) is 5. The summed E-state index contributed by atoms with van der Waals surface area (Å²) < 4.78 is 1.59. The largest absolute Gasteiger partial charge is 0.366 e. The van der Waals surface area contributed by atoms with Gasteiger partial charge in [0.25, 0.3) is 5.78 Å². The molecule has 1 amide bonds. The number of likely N-dealkylation sites (N-methyl/N-ethyl adjacent to an activating group) is 1. The number of amides is 1. The SMILES string of the molecule is Cc1nc2nc(N)nn2c(C)c1CC(=O)N(C)Cc1ccc(C(C)(C)C)cc1. The molecule has 148 valence electrons. The smallest absolute Gasteiger partial charge is 0.254 e. The number of aryl methyl sites for hydroxylation is 2. The molecule has 0 aliphatic heterocycles. The maximum absolute atomic E-state index is 12.8. The minimum Gasteiger partial charge on any atom is -0.366 e. The first-order valence-corrected chi connectivity index (χ1v) is 9.38. The van der Waals surface area contributed by atoms with Crippen molar-refractivity contribution in [2.75, 3.05) is 12.8 Å². The van der Waals surface area contributed by atoms with E-state index in [1.807, 2.05) is 20.9 Å². The highest BCUT2D eigenvalue weighted by atomic mass is 16.2. The summed E-state index contributed by atoms with van der Waals surface area (Å²) in [4.78, 5) is 23.1. The fourth-order valence-electron chi connectivity index (χ4n) is 3.24. The summed E-state index contributed by atoms with van der Waals surface area (Å²) in [5, 5.41) is 4.16. The second kappa shape index (κ2) is 7.22. The van der Waals surface area contributed by atoms with Gasteiger partial charge in [-0.25, -0.2) is 4.98 Å². The van der Waals surface area contributed by atoms with Crippen LogP contribution in [0, 0.1) is 13.8 Å². The van der Waals surface area contributed by atoms with Gasteiger partial charge < -0.3 is 10.6 Å². The number of nitrogens with two attached hydrogens (primary N) is 1. The Hall–Kier alpha value is -2.96. The fourth-order valence-corrected chi connectivity index (χ4v) is 3.24. The highest BCUT2D eigenvalue weighted by Crippen LogP contribution is 2.22. The van der Waals surface area contributed by atoms with Gasteiger partial charge in [0, 0.05) is 30.5 Å². The number of hydrogen-bond donors (Lipinski definition) is 1. The summed E-state index contributed by atoms with van der Waals surface area (Å²) >= 11 is 0. The second-order valence-electron chi connectivity index (χ2n) is 8.32. The number of rotatable bonds is 4. The molecule has 7 heteroatoms. The van der Waals surface area contributed by atoms with Crippen LogP contribution in [0.1, 0.15) is 48.8 Å². The van der Waals surface area contributed by atoms with E-state index in [9.17, 15) is 4.79 Å². The Morgan fingerprint density at radius 1 is 1.14 bits per heavy atom. The van der Waals surface area contributed by atoms with E-state index >= 15 is 0 Å². The average Bonchev–Trinajstić information content (AvgIpc) is 2.98. The van der Waals surface area contributed by atoms with Crippen LogP contribution >= 0.6 is 0 Å². The van der Waals surface area contributed by atoms with Crippen LogP contribution in [0.2, 0.25) is 0 Å². The highest BCUT2D eigenvalue weighted by Gasteiger charge is 2.18. The van der Waals surface area contributed by atoms with E-state index in [2.05, 4.69) is 60.1 Å². The van der Waals surface area contributed by atoms with E-state index in [1.165, 1.54) is 5.56 Å². The van der Waals surface area contributed by atoms with Gasteiger partial charge in [0.05, 0.1) is 6.42 Å². The first-order chi connectivity index (χ1) is 13.1. The van der Waals surface area contributed by atoms with Gasteiger partial charge in [-0.05, 0) is 30.4 Å². The quantitative estimate of drug-likeness (QED) is 0.752. The molecule has 7 nitrogen and oxygen atoms in total. The monoisotopic (exact) mass is 380 g/mol. The zero-order chi connectivity index (χ0) is 20.6. The van der Waals surface area contributed by atoms with Crippen molar-refractivity contribution in [3.05, 3.63) is 52.3 Å². The Balaban J connectivity index is 1.75. The van der Waals surface area contributed by atoms with Crippen molar-refractivity contribution < 1.29 is 4.79 Å². The number of nitrogen functional groups attached to an aromatic ring is 1. The van der Waals surface area contributed by atoms with E-state index in [-0.39, 0.29) is 23.7 Å². The van der Waals surface area contributed by atoms with Gasteiger partial charge in [-0.1, -0.05) is 45.0 Å². The normalized spacial score (nSPS) is 11.8. The predicted octanol–water partition coefficient (Wildman–Crippen LogP) is 2.82. The molecule has 2 N–H and O–H groups in total. The molecule has 0 saturated heterocycles. The van der Waals surface area contributed by atoms with Crippen LogP contribution < -0.4 is 5.73 Å². The van der Waals surface area contributed by atoms with Crippen molar-refractivity contribution in [1.29, 1.82) is 0 Å². The fraction of sp³-hybridized carbons (Fsp3) is 0.429. The van der Waals surface area contributed by atoms with Crippen LogP contribution in [0.25, 0.3) is 5.78 Å². The third-order valence-electron chi connectivity index (χ3n) is 5.06. The topological polar surface area (TPSA) is 89.4 Å². The molecule has 0 saturated carbocycles. The van der Waals surface area contributed by atoms with Crippen LogP contribution in [-0.4, -0.2) is 37.4 Å². The molecular weight excluding hydrogens is 352 g/mol. The maximum Gasteiger partial charge on any atom is 0.254 e. The van der Waals surface area contributed by atoms with Gasteiger partial charge in [-0.3, -0.25) is 4.79 Å². The summed E-state index contributed by atoms with van der Waals surface area (Å²) in [7, 11) is 1.82. The molecule has 2 aromatic heterocycles. The van der Waals surface area contributed by atoms with Crippen molar-refractivity contribution in [2.24, 2.45) is 0 Å². The third-order valence-corrected chi connectivity index (χ3v) is 5.06. The van der Waals surface area contributed by atoms with Crippen molar-refractivity contribution in [3.8, 4) is 0 Å². The van der Waals surface area contributed by atoms with Gasteiger partial charge in [-0.2, -0.15) is 9.50 Å². The Labute approximate surface area is 165 Å². The van der Waals surface area contributed by atoms with E-state index in [0.717, 1.165) is 22.5 Å². The third kappa shape index (κ3) is 3.98. The predicted molar refractivity (Wildman–Crippen MR) is 110 cm³/mol. The van der Waals surface area contributed by atoms with Crippen molar-refractivity contribution in [1.82, 2.24) is 24.5 Å². The first-order valence-electron chi connectivity index (χ1n) is 9.38. The highest BCUT2D eigenvalue weighted by molar-refractivity contribution is 5.79. The average molecular weight is 380 g/mol. The van der Waals surface area contributed by atoms with Crippen molar-refractivity contribution in [3.63, 3.8) is 0 Å². The molecule has 0 atom stereocenters.